The fraction of sp³-hybridized carbons (Fsp3) is 0.333. The summed E-state index contributed by atoms with van der Waals surface area (Å²) in [6.45, 7) is 5.95. The highest BCUT2D eigenvalue weighted by molar-refractivity contribution is 8.00. The number of hydrogen-bond acceptors (Lipinski definition) is 5. The normalized spacial score (nSPS) is 10.7. The second kappa shape index (κ2) is 9.65. The molecule has 0 saturated heterocycles. The molecule has 1 amide bonds. The molecule has 2 aromatic rings. The monoisotopic (exact) mass is 431 g/mol. The van der Waals surface area contributed by atoms with Crippen molar-refractivity contribution in [2.24, 2.45) is 0 Å². The van der Waals surface area contributed by atoms with Gasteiger partial charge in [-0.15, -0.1) is 23.1 Å². The minimum absolute atomic E-state index is 0.154. The van der Waals surface area contributed by atoms with Crippen LogP contribution in [0.3, 0.4) is 0 Å². The Morgan fingerprint density at radius 2 is 2.00 bits per heavy atom. The number of thiophene rings is 1. The third-order valence-electron chi connectivity index (χ3n) is 3.55. The van der Waals surface area contributed by atoms with Crippen molar-refractivity contribution in [3.05, 3.63) is 44.2 Å². The lowest BCUT2D eigenvalue weighted by atomic mass is 10.1. The summed E-state index contributed by atoms with van der Waals surface area (Å²) in [4.78, 5) is 26.4. The maximum Gasteiger partial charge on any atom is 0.341 e. The second-order valence-corrected chi connectivity index (χ2v) is 8.41. The Balaban J connectivity index is 2.13. The molecule has 4 nitrogen and oxygen atoms in total. The van der Waals surface area contributed by atoms with Crippen LogP contribution in [0.5, 0.6) is 0 Å². The Hall–Kier alpha value is -1.21. The largest absolute Gasteiger partial charge is 0.462 e. The minimum atomic E-state index is -0.408. The van der Waals surface area contributed by atoms with Crippen LogP contribution in [0, 0.1) is 6.92 Å². The van der Waals surface area contributed by atoms with Crippen molar-refractivity contribution >= 4 is 63.2 Å². The summed E-state index contributed by atoms with van der Waals surface area (Å²) in [6.07, 6.45) is 0.694. The van der Waals surface area contributed by atoms with Crippen LogP contribution in [-0.2, 0) is 16.0 Å². The van der Waals surface area contributed by atoms with Crippen LogP contribution >= 0.6 is 46.3 Å². The number of nitrogens with one attached hydrogen (secondary N) is 1. The minimum Gasteiger partial charge on any atom is -0.462 e. The third kappa shape index (κ3) is 5.16. The Labute approximate surface area is 171 Å². The molecule has 0 aliphatic heterocycles. The number of carbonyl (C=O) groups is 2. The lowest BCUT2D eigenvalue weighted by molar-refractivity contribution is -0.113. The van der Waals surface area contributed by atoms with Gasteiger partial charge in [-0.1, -0.05) is 30.1 Å². The van der Waals surface area contributed by atoms with Crippen molar-refractivity contribution in [1.29, 1.82) is 0 Å². The maximum atomic E-state index is 12.4. The van der Waals surface area contributed by atoms with E-state index < -0.39 is 5.97 Å². The molecule has 140 valence electrons. The number of aryl methyl sites for hydroxylation is 1. The average molecular weight is 432 g/mol. The fourth-order valence-corrected chi connectivity index (χ4v) is 4.85. The van der Waals surface area contributed by atoms with Crippen LogP contribution < -0.4 is 5.32 Å². The molecule has 8 heteroatoms. The van der Waals surface area contributed by atoms with Crippen molar-refractivity contribution in [3.8, 4) is 0 Å². The number of rotatable bonds is 7. The number of thioether (sulfide) groups is 1. The molecule has 1 N–H and O–H groups in total. The number of esters is 1. The predicted octanol–water partition coefficient (Wildman–Crippen LogP) is 5.83. The van der Waals surface area contributed by atoms with Gasteiger partial charge >= 0.3 is 5.97 Å². The SMILES string of the molecule is CCOC(=O)c1c(NC(=O)CSc2cc(Cl)ccc2Cl)sc(C)c1CC. The van der Waals surface area contributed by atoms with Crippen molar-refractivity contribution in [1.82, 2.24) is 0 Å². The number of halogens is 2. The van der Waals surface area contributed by atoms with E-state index in [4.69, 9.17) is 27.9 Å². The summed E-state index contributed by atoms with van der Waals surface area (Å²) in [5.74, 6) is -0.476. The van der Waals surface area contributed by atoms with Crippen LogP contribution in [-0.4, -0.2) is 24.2 Å². The number of carbonyl (C=O) groups excluding carboxylic acids is 2. The summed E-state index contributed by atoms with van der Waals surface area (Å²) < 4.78 is 5.14. The molecule has 1 heterocycles. The first kappa shape index (κ1) is 21.1. The maximum absolute atomic E-state index is 12.4. The highest BCUT2D eigenvalue weighted by atomic mass is 35.5. The van der Waals surface area contributed by atoms with Gasteiger partial charge in [0.1, 0.15) is 5.00 Å². The Bertz CT molecular complexity index is 821. The number of benzene rings is 1. The van der Waals surface area contributed by atoms with Crippen molar-refractivity contribution in [3.63, 3.8) is 0 Å². The highest BCUT2D eigenvalue weighted by Crippen LogP contribution is 2.35. The number of anilines is 1. The van der Waals surface area contributed by atoms with Crippen LogP contribution in [0.4, 0.5) is 5.00 Å². The van der Waals surface area contributed by atoms with Gasteiger partial charge in [-0.05, 0) is 44.0 Å². The topological polar surface area (TPSA) is 55.4 Å². The summed E-state index contributed by atoms with van der Waals surface area (Å²) in [5, 5.41) is 4.46. The molecule has 0 aliphatic rings. The quantitative estimate of drug-likeness (QED) is 0.442. The van der Waals surface area contributed by atoms with E-state index >= 15 is 0 Å². The Kier molecular flexibility index (Phi) is 7.83. The Morgan fingerprint density at radius 1 is 1.27 bits per heavy atom. The van der Waals surface area contributed by atoms with Gasteiger partial charge in [0.05, 0.1) is 22.9 Å². The molecule has 1 aromatic heterocycles. The van der Waals surface area contributed by atoms with E-state index in [0.29, 0.717) is 27.0 Å². The molecule has 0 unspecified atom stereocenters. The van der Waals surface area contributed by atoms with Crippen molar-refractivity contribution in [2.45, 2.75) is 32.1 Å². The first-order valence-electron chi connectivity index (χ1n) is 8.04. The first-order chi connectivity index (χ1) is 12.4. The van der Waals surface area contributed by atoms with Gasteiger partial charge in [0.2, 0.25) is 5.91 Å². The summed E-state index contributed by atoms with van der Waals surface area (Å²) >= 11 is 14.8. The highest BCUT2D eigenvalue weighted by Gasteiger charge is 2.23. The molecular formula is C18H19Cl2NO3S2. The standard InChI is InChI=1S/C18H19Cl2NO3S2/c1-4-12-10(3)26-17(16(12)18(23)24-5-2)21-15(22)9-25-14-8-11(19)6-7-13(14)20/h6-8H,4-5,9H2,1-3H3,(H,21,22). The van der Waals surface area contributed by atoms with Gasteiger partial charge in [-0.25, -0.2) is 4.79 Å². The molecule has 0 spiro atoms. The molecule has 0 bridgehead atoms. The number of hydrogen-bond donors (Lipinski definition) is 1. The zero-order valence-corrected chi connectivity index (χ0v) is 17.8. The summed E-state index contributed by atoms with van der Waals surface area (Å²) in [7, 11) is 0. The zero-order valence-electron chi connectivity index (χ0n) is 14.7. The van der Waals surface area contributed by atoms with E-state index in [1.807, 2.05) is 13.8 Å². The molecular weight excluding hydrogens is 413 g/mol. The molecule has 2 rings (SSSR count). The predicted molar refractivity (Wildman–Crippen MR) is 110 cm³/mol. The third-order valence-corrected chi connectivity index (χ3v) is 6.34. The molecule has 0 fully saturated rings. The van der Waals surface area contributed by atoms with E-state index in [-0.39, 0.29) is 18.3 Å². The lowest BCUT2D eigenvalue weighted by Crippen LogP contribution is -2.16. The van der Waals surface area contributed by atoms with Crippen LogP contribution in [0.2, 0.25) is 10.0 Å². The van der Waals surface area contributed by atoms with Gasteiger partial charge in [-0.2, -0.15) is 0 Å². The van der Waals surface area contributed by atoms with Gasteiger partial charge < -0.3 is 10.1 Å². The first-order valence-corrected chi connectivity index (χ1v) is 10.6. The van der Waals surface area contributed by atoms with E-state index in [9.17, 15) is 9.59 Å². The fourth-order valence-electron chi connectivity index (χ4n) is 2.41. The van der Waals surface area contributed by atoms with Crippen LogP contribution in [0.25, 0.3) is 0 Å². The molecule has 26 heavy (non-hydrogen) atoms. The van der Waals surface area contributed by atoms with Crippen LogP contribution in [0.1, 0.15) is 34.6 Å². The number of amides is 1. The van der Waals surface area contributed by atoms with E-state index in [1.54, 1.807) is 25.1 Å². The van der Waals surface area contributed by atoms with E-state index in [2.05, 4.69) is 5.32 Å². The summed E-state index contributed by atoms with van der Waals surface area (Å²) in [5.41, 5.74) is 1.37. The smallest absolute Gasteiger partial charge is 0.341 e. The van der Waals surface area contributed by atoms with E-state index in [1.165, 1.54) is 23.1 Å². The molecule has 1 aromatic carbocycles. The lowest BCUT2D eigenvalue weighted by Gasteiger charge is -2.08. The van der Waals surface area contributed by atoms with Gasteiger partial charge in [0, 0.05) is 14.8 Å². The van der Waals surface area contributed by atoms with Crippen molar-refractivity contribution < 1.29 is 14.3 Å². The summed E-state index contributed by atoms with van der Waals surface area (Å²) in [6, 6.07) is 5.11. The second-order valence-electron chi connectivity index (χ2n) is 5.33. The molecule has 0 radical (unpaired) electrons. The van der Waals surface area contributed by atoms with Gasteiger partial charge in [-0.3, -0.25) is 4.79 Å². The molecule has 0 saturated carbocycles. The van der Waals surface area contributed by atoms with Crippen LogP contribution in [0.15, 0.2) is 23.1 Å². The zero-order chi connectivity index (χ0) is 19.3. The van der Waals surface area contributed by atoms with E-state index in [0.717, 1.165) is 15.3 Å². The van der Waals surface area contributed by atoms with Gasteiger partial charge in [0.25, 0.3) is 0 Å². The Morgan fingerprint density at radius 3 is 2.65 bits per heavy atom. The average Bonchev–Trinajstić information content (AvgIpc) is 2.90. The molecule has 0 atom stereocenters. The molecule has 0 aliphatic carbocycles. The van der Waals surface area contributed by atoms with Gasteiger partial charge in [0.15, 0.2) is 0 Å². The number of ether oxygens (including phenoxy) is 1. The van der Waals surface area contributed by atoms with Crippen molar-refractivity contribution in [2.75, 3.05) is 17.7 Å².